The van der Waals surface area contributed by atoms with Crippen molar-refractivity contribution in [3.8, 4) is 0 Å². The van der Waals surface area contributed by atoms with Crippen molar-refractivity contribution >= 4 is 23.6 Å². The molecule has 2 heteroatoms. The molecule has 0 spiro atoms. The van der Waals surface area contributed by atoms with Gasteiger partial charge in [0.05, 0.1) is 0 Å². The first-order valence-electron chi connectivity index (χ1n) is 6.53. The van der Waals surface area contributed by atoms with Crippen molar-refractivity contribution in [3.63, 3.8) is 0 Å². The van der Waals surface area contributed by atoms with Crippen LogP contribution in [-0.4, -0.2) is 6.29 Å². The predicted octanol–water partition coefficient (Wildman–Crippen LogP) is 4.48. The van der Waals surface area contributed by atoms with Gasteiger partial charge in [-0.2, -0.15) is 0 Å². The zero-order valence-electron chi connectivity index (χ0n) is 11.0. The number of carbonyl (C=O) groups is 1. The van der Waals surface area contributed by atoms with Gasteiger partial charge in [-0.25, -0.2) is 0 Å². The van der Waals surface area contributed by atoms with Crippen molar-refractivity contribution in [1.82, 2.24) is 0 Å². The molecule has 20 heavy (non-hydrogen) atoms. The summed E-state index contributed by atoms with van der Waals surface area (Å²) >= 11 is 1.86. The van der Waals surface area contributed by atoms with Gasteiger partial charge in [-0.15, -0.1) is 11.8 Å². The van der Waals surface area contributed by atoms with E-state index in [1.54, 1.807) is 0 Å². The molecule has 1 nitrogen and oxygen atoms in total. The molecule has 0 radical (unpaired) electrons. The van der Waals surface area contributed by atoms with Crippen LogP contribution in [0.5, 0.6) is 0 Å². The number of hydrogen-bond acceptors (Lipinski definition) is 2. The van der Waals surface area contributed by atoms with Crippen molar-refractivity contribution in [2.24, 2.45) is 0 Å². The van der Waals surface area contributed by atoms with E-state index >= 15 is 0 Å². The molecular formula is C18H14OS. The first kappa shape index (κ1) is 12.9. The van der Waals surface area contributed by atoms with Crippen molar-refractivity contribution in [2.75, 3.05) is 0 Å². The second kappa shape index (κ2) is 5.93. The third kappa shape index (κ3) is 2.47. The fourth-order valence-corrected chi connectivity index (χ4v) is 3.47. The molecule has 0 aliphatic carbocycles. The van der Waals surface area contributed by atoms with E-state index in [1.807, 2.05) is 23.9 Å². The molecule has 0 amide bonds. The summed E-state index contributed by atoms with van der Waals surface area (Å²) in [6.07, 6.45) is 6.17. The monoisotopic (exact) mass is 278 g/mol. The van der Waals surface area contributed by atoms with E-state index in [2.05, 4.69) is 48.5 Å². The Balaban J connectivity index is 2.21. The minimum absolute atomic E-state index is 0.806. The van der Waals surface area contributed by atoms with Gasteiger partial charge in [0, 0.05) is 10.6 Å². The summed E-state index contributed by atoms with van der Waals surface area (Å²) in [7, 11) is 0. The van der Waals surface area contributed by atoms with Crippen molar-refractivity contribution < 1.29 is 4.79 Å². The average molecular weight is 278 g/mol. The van der Waals surface area contributed by atoms with Crippen LogP contribution in [0.15, 0.2) is 71.7 Å². The van der Waals surface area contributed by atoms with Gasteiger partial charge in [-0.1, -0.05) is 54.6 Å². The maximum absolute atomic E-state index is 10.5. The van der Waals surface area contributed by atoms with Crippen LogP contribution in [0.2, 0.25) is 0 Å². The standard InChI is InChI=1S/C18H14OS/c19-12-6-5-9-16-15-8-2-1-7-14(15)13-20-18-11-4-3-10-17(16)18/h1-12H,13H2. The van der Waals surface area contributed by atoms with Gasteiger partial charge < -0.3 is 0 Å². The van der Waals surface area contributed by atoms with E-state index in [1.165, 1.54) is 33.2 Å². The third-order valence-electron chi connectivity index (χ3n) is 3.32. The third-order valence-corrected chi connectivity index (χ3v) is 4.44. The van der Waals surface area contributed by atoms with Gasteiger partial charge in [0.15, 0.2) is 0 Å². The number of fused-ring (bicyclic) bond motifs is 2. The molecule has 1 aliphatic rings. The van der Waals surface area contributed by atoms with E-state index in [-0.39, 0.29) is 0 Å². The van der Waals surface area contributed by atoms with Crippen LogP contribution in [0.25, 0.3) is 5.57 Å². The molecule has 0 N–H and O–H groups in total. The first-order valence-corrected chi connectivity index (χ1v) is 7.51. The lowest BCUT2D eigenvalue weighted by Crippen LogP contribution is -1.91. The van der Waals surface area contributed by atoms with E-state index in [4.69, 9.17) is 0 Å². The highest BCUT2D eigenvalue weighted by Crippen LogP contribution is 2.39. The van der Waals surface area contributed by atoms with E-state index in [0.29, 0.717) is 0 Å². The summed E-state index contributed by atoms with van der Waals surface area (Å²) in [4.78, 5) is 11.8. The maximum atomic E-state index is 10.5. The highest BCUT2D eigenvalue weighted by Gasteiger charge is 2.16. The van der Waals surface area contributed by atoms with Gasteiger partial charge >= 0.3 is 0 Å². The van der Waals surface area contributed by atoms with Gasteiger partial charge in [0.1, 0.15) is 6.29 Å². The molecule has 2 aromatic carbocycles. The van der Waals surface area contributed by atoms with Crippen LogP contribution in [0, 0.1) is 0 Å². The Morgan fingerprint density at radius 1 is 0.900 bits per heavy atom. The molecule has 0 unspecified atom stereocenters. The van der Waals surface area contributed by atoms with Crippen molar-refractivity contribution in [1.29, 1.82) is 0 Å². The predicted molar refractivity (Wildman–Crippen MR) is 84.7 cm³/mol. The number of aldehydes is 1. The minimum Gasteiger partial charge on any atom is -0.299 e. The zero-order chi connectivity index (χ0) is 13.8. The molecule has 0 bridgehead atoms. The zero-order valence-corrected chi connectivity index (χ0v) is 11.8. The molecule has 0 aromatic heterocycles. The molecule has 2 aromatic rings. The highest BCUT2D eigenvalue weighted by atomic mass is 32.2. The number of benzene rings is 2. The fraction of sp³-hybridized carbons (Fsp3) is 0.0556. The molecule has 1 aliphatic heterocycles. The van der Waals surface area contributed by atoms with Gasteiger partial charge in [-0.3, -0.25) is 4.79 Å². The van der Waals surface area contributed by atoms with Crippen LogP contribution in [0.3, 0.4) is 0 Å². The average Bonchev–Trinajstić information content (AvgIpc) is 2.66. The lowest BCUT2D eigenvalue weighted by Gasteiger charge is -2.10. The van der Waals surface area contributed by atoms with Crippen LogP contribution in [0.4, 0.5) is 0 Å². The summed E-state index contributed by atoms with van der Waals surface area (Å²) in [5, 5.41) is 0. The van der Waals surface area contributed by atoms with Gasteiger partial charge in [0.2, 0.25) is 0 Å². The summed E-state index contributed by atoms with van der Waals surface area (Å²) in [5.74, 6) is 0.974. The van der Waals surface area contributed by atoms with E-state index in [9.17, 15) is 4.79 Å². The second-order valence-electron chi connectivity index (χ2n) is 4.54. The quantitative estimate of drug-likeness (QED) is 0.595. The van der Waals surface area contributed by atoms with Crippen molar-refractivity contribution in [2.45, 2.75) is 10.6 Å². The topological polar surface area (TPSA) is 17.1 Å². The molecule has 0 atom stereocenters. The molecule has 98 valence electrons. The Bertz CT molecular complexity index is 649. The fourth-order valence-electron chi connectivity index (χ4n) is 2.40. The number of carbonyl (C=O) groups excluding carboxylic acids is 1. The largest absolute Gasteiger partial charge is 0.299 e. The van der Waals surface area contributed by atoms with E-state index < -0.39 is 0 Å². The lowest BCUT2D eigenvalue weighted by atomic mass is 9.94. The second-order valence-corrected chi connectivity index (χ2v) is 5.56. The molecule has 0 fully saturated rings. The number of rotatable bonds is 2. The molecular weight excluding hydrogens is 264 g/mol. The Morgan fingerprint density at radius 3 is 2.50 bits per heavy atom. The van der Waals surface area contributed by atoms with Crippen LogP contribution in [0.1, 0.15) is 16.7 Å². The Hall–Kier alpha value is -2.06. The van der Waals surface area contributed by atoms with Gasteiger partial charge in [0.25, 0.3) is 0 Å². The molecule has 0 saturated carbocycles. The van der Waals surface area contributed by atoms with E-state index in [0.717, 1.165) is 12.0 Å². The van der Waals surface area contributed by atoms with Gasteiger partial charge in [-0.05, 0) is 34.4 Å². The Labute approximate surface area is 123 Å². The summed E-state index contributed by atoms with van der Waals surface area (Å²) < 4.78 is 0. The highest BCUT2D eigenvalue weighted by molar-refractivity contribution is 7.98. The van der Waals surface area contributed by atoms with Crippen LogP contribution in [-0.2, 0) is 10.5 Å². The van der Waals surface area contributed by atoms with Crippen LogP contribution < -0.4 is 0 Å². The smallest absolute Gasteiger partial charge is 0.142 e. The Morgan fingerprint density at radius 2 is 1.65 bits per heavy atom. The number of allylic oxidation sites excluding steroid dienone is 3. The normalized spacial score (nSPS) is 15.7. The molecule has 0 saturated heterocycles. The lowest BCUT2D eigenvalue weighted by molar-refractivity contribution is -0.104. The number of thioether (sulfide) groups is 1. The first-order chi connectivity index (χ1) is 9.90. The number of hydrogen-bond donors (Lipinski definition) is 0. The summed E-state index contributed by atoms with van der Waals surface area (Å²) in [5.41, 5.74) is 5.00. The van der Waals surface area contributed by atoms with Crippen molar-refractivity contribution in [3.05, 3.63) is 83.4 Å². The SMILES string of the molecule is O=CC=CC=C1c2ccccc2CSc2ccccc21. The minimum atomic E-state index is 0.806. The maximum Gasteiger partial charge on any atom is 0.142 e. The summed E-state index contributed by atoms with van der Waals surface area (Å²) in [6, 6.07) is 16.9. The molecule has 3 rings (SSSR count). The van der Waals surface area contributed by atoms with Crippen LogP contribution >= 0.6 is 11.8 Å². The summed E-state index contributed by atoms with van der Waals surface area (Å²) in [6.45, 7) is 0. The molecule has 1 heterocycles. The Kier molecular flexibility index (Phi) is 3.84.